The van der Waals surface area contributed by atoms with Gasteiger partial charge in [-0.2, -0.15) is 0 Å². The van der Waals surface area contributed by atoms with Gasteiger partial charge in [-0.05, 0) is 49.9 Å². The van der Waals surface area contributed by atoms with Gasteiger partial charge in [0.15, 0.2) is 0 Å². The number of benzene rings is 2. The number of anilines is 1. The monoisotopic (exact) mass is 434 g/mol. The maximum absolute atomic E-state index is 12.9. The molecule has 1 aromatic heterocycles. The minimum absolute atomic E-state index is 0.147. The second kappa shape index (κ2) is 8.86. The summed E-state index contributed by atoms with van der Waals surface area (Å²) in [6.07, 6.45) is 1.27. The van der Waals surface area contributed by atoms with Crippen LogP contribution in [0, 0.1) is 12.8 Å². The average Bonchev–Trinajstić information content (AvgIpc) is 2.78. The Morgan fingerprint density at radius 3 is 2.69 bits per heavy atom. The summed E-state index contributed by atoms with van der Waals surface area (Å²) < 4.78 is 5.45. The molecule has 2 aromatic carbocycles. The number of aryl methyl sites for hydroxylation is 1. The molecule has 0 unspecified atom stereocenters. The third-order valence-corrected chi connectivity index (χ3v) is 6.02. The summed E-state index contributed by atoms with van der Waals surface area (Å²) in [5.74, 6) is -1.53. The molecule has 7 nitrogen and oxygen atoms in total. The SMILES string of the molecule is Cc1ccccc1-c1cc(=O)oc2cc(N[C@H](C)C(=O)N3CCC[C@H](C(=O)O)C3)ccc12. The van der Waals surface area contributed by atoms with E-state index in [0.29, 0.717) is 30.7 Å². The summed E-state index contributed by atoms with van der Waals surface area (Å²) in [5, 5.41) is 13.2. The van der Waals surface area contributed by atoms with E-state index in [1.807, 2.05) is 43.3 Å². The van der Waals surface area contributed by atoms with Crippen LogP contribution in [0.4, 0.5) is 5.69 Å². The number of hydrogen-bond acceptors (Lipinski definition) is 5. The molecule has 0 saturated carbocycles. The van der Waals surface area contributed by atoms with E-state index in [4.69, 9.17) is 4.42 Å². The standard InChI is InChI=1S/C25H26N2O5/c1-15-6-3-4-8-19(15)21-13-23(28)32-22-12-18(9-10-20(21)22)26-16(2)24(29)27-11-5-7-17(14-27)25(30)31/h3-4,6,8-10,12-13,16-17,26H,5,7,11,14H2,1-2H3,(H,30,31)/t16-,17+/m1/s1. The van der Waals surface area contributed by atoms with Crippen LogP contribution in [0.15, 0.2) is 57.7 Å². The fourth-order valence-corrected chi connectivity index (χ4v) is 4.31. The number of nitrogens with zero attached hydrogens (tertiary/aromatic N) is 1. The highest BCUT2D eigenvalue weighted by atomic mass is 16.4. The molecule has 1 saturated heterocycles. The molecular formula is C25H26N2O5. The molecule has 1 fully saturated rings. The van der Waals surface area contributed by atoms with E-state index in [1.165, 1.54) is 6.07 Å². The van der Waals surface area contributed by atoms with Crippen LogP contribution in [-0.2, 0) is 9.59 Å². The van der Waals surface area contributed by atoms with E-state index in [0.717, 1.165) is 22.1 Å². The zero-order valence-electron chi connectivity index (χ0n) is 18.1. The van der Waals surface area contributed by atoms with E-state index in [2.05, 4.69) is 5.32 Å². The van der Waals surface area contributed by atoms with Gasteiger partial charge in [0.2, 0.25) is 5.91 Å². The van der Waals surface area contributed by atoms with E-state index in [1.54, 1.807) is 17.9 Å². The molecule has 2 atom stereocenters. The zero-order chi connectivity index (χ0) is 22.8. The second-order valence-electron chi connectivity index (χ2n) is 8.33. The number of carboxylic acids is 1. The highest BCUT2D eigenvalue weighted by molar-refractivity contribution is 5.95. The van der Waals surface area contributed by atoms with E-state index < -0.39 is 23.6 Å². The van der Waals surface area contributed by atoms with Crippen LogP contribution >= 0.6 is 0 Å². The number of rotatable bonds is 5. The van der Waals surface area contributed by atoms with Gasteiger partial charge < -0.3 is 19.7 Å². The van der Waals surface area contributed by atoms with Gasteiger partial charge in [0, 0.05) is 41.9 Å². The van der Waals surface area contributed by atoms with Crippen LogP contribution < -0.4 is 10.9 Å². The fraction of sp³-hybridized carbons (Fsp3) is 0.320. The van der Waals surface area contributed by atoms with Crippen LogP contribution in [0.25, 0.3) is 22.1 Å². The first-order valence-corrected chi connectivity index (χ1v) is 10.8. The predicted octanol–water partition coefficient (Wildman–Crippen LogP) is 3.89. The number of hydrogen-bond donors (Lipinski definition) is 2. The molecule has 1 aliphatic rings. The minimum Gasteiger partial charge on any atom is -0.481 e. The zero-order valence-corrected chi connectivity index (χ0v) is 18.1. The molecule has 2 heterocycles. The van der Waals surface area contributed by atoms with Crippen molar-refractivity contribution < 1.29 is 19.1 Å². The first-order valence-electron chi connectivity index (χ1n) is 10.8. The number of aliphatic carboxylic acids is 1. The van der Waals surface area contributed by atoms with Crippen molar-refractivity contribution in [3.05, 3.63) is 64.5 Å². The van der Waals surface area contributed by atoms with Gasteiger partial charge >= 0.3 is 11.6 Å². The van der Waals surface area contributed by atoms with Gasteiger partial charge in [-0.15, -0.1) is 0 Å². The van der Waals surface area contributed by atoms with Crippen LogP contribution in [0.3, 0.4) is 0 Å². The van der Waals surface area contributed by atoms with Crippen molar-refractivity contribution in [1.29, 1.82) is 0 Å². The number of likely N-dealkylation sites (tertiary alicyclic amines) is 1. The number of carbonyl (C=O) groups excluding carboxylic acids is 1. The summed E-state index contributed by atoms with van der Waals surface area (Å²) in [6, 6.07) is 14.2. The van der Waals surface area contributed by atoms with Crippen molar-refractivity contribution >= 4 is 28.5 Å². The predicted molar refractivity (Wildman–Crippen MR) is 123 cm³/mol. The van der Waals surface area contributed by atoms with Crippen molar-refractivity contribution in [3.63, 3.8) is 0 Å². The molecule has 0 spiro atoms. The maximum atomic E-state index is 12.9. The lowest BCUT2D eigenvalue weighted by molar-refractivity contribution is -0.145. The van der Waals surface area contributed by atoms with Crippen LogP contribution in [0.2, 0.25) is 0 Å². The lowest BCUT2D eigenvalue weighted by Crippen LogP contribution is -2.47. The van der Waals surface area contributed by atoms with Crippen LogP contribution in [0.5, 0.6) is 0 Å². The van der Waals surface area contributed by atoms with Crippen molar-refractivity contribution in [2.24, 2.45) is 5.92 Å². The largest absolute Gasteiger partial charge is 0.481 e. The van der Waals surface area contributed by atoms with Gasteiger partial charge in [0.1, 0.15) is 11.6 Å². The van der Waals surface area contributed by atoms with Crippen molar-refractivity contribution in [2.45, 2.75) is 32.7 Å². The number of amides is 1. The Hall–Kier alpha value is -3.61. The topological polar surface area (TPSA) is 99.9 Å². The molecular weight excluding hydrogens is 408 g/mol. The molecule has 4 rings (SSSR count). The summed E-state index contributed by atoms with van der Waals surface area (Å²) in [7, 11) is 0. The van der Waals surface area contributed by atoms with E-state index in [-0.39, 0.29) is 12.5 Å². The minimum atomic E-state index is -0.864. The Labute approximate surface area is 185 Å². The number of piperidine rings is 1. The van der Waals surface area contributed by atoms with Gasteiger partial charge in [0.05, 0.1) is 5.92 Å². The quantitative estimate of drug-likeness (QED) is 0.591. The maximum Gasteiger partial charge on any atom is 0.336 e. The lowest BCUT2D eigenvalue weighted by atomic mass is 9.97. The van der Waals surface area contributed by atoms with Crippen molar-refractivity contribution in [2.75, 3.05) is 18.4 Å². The Bertz CT molecular complexity index is 1230. The molecule has 2 N–H and O–H groups in total. The summed E-state index contributed by atoms with van der Waals surface area (Å²) >= 11 is 0. The summed E-state index contributed by atoms with van der Waals surface area (Å²) in [4.78, 5) is 38.0. The van der Waals surface area contributed by atoms with Gasteiger partial charge in [-0.1, -0.05) is 24.3 Å². The number of carboxylic acid groups (broad SMARTS) is 1. The molecule has 3 aromatic rings. The summed E-state index contributed by atoms with van der Waals surface area (Å²) in [6.45, 7) is 4.53. The highest BCUT2D eigenvalue weighted by Gasteiger charge is 2.30. The fourth-order valence-electron chi connectivity index (χ4n) is 4.31. The summed E-state index contributed by atoms with van der Waals surface area (Å²) in [5.41, 5.74) is 3.47. The van der Waals surface area contributed by atoms with E-state index >= 15 is 0 Å². The molecule has 0 aliphatic carbocycles. The molecule has 0 radical (unpaired) electrons. The Morgan fingerprint density at radius 2 is 1.94 bits per heavy atom. The normalized spacial score (nSPS) is 17.2. The van der Waals surface area contributed by atoms with Gasteiger partial charge in [-0.3, -0.25) is 9.59 Å². The molecule has 166 valence electrons. The van der Waals surface area contributed by atoms with Crippen molar-refractivity contribution in [3.8, 4) is 11.1 Å². The molecule has 32 heavy (non-hydrogen) atoms. The van der Waals surface area contributed by atoms with Gasteiger partial charge in [-0.25, -0.2) is 4.79 Å². The third kappa shape index (κ3) is 4.37. The Morgan fingerprint density at radius 1 is 1.16 bits per heavy atom. The lowest BCUT2D eigenvalue weighted by Gasteiger charge is -2.33. The molecule has 0 bridgehead atoms. The number of fused-ring (bicyclic) bond motifs is 1. The molecule has 1 amide bonds. The van der Waals surface area contributed by atoms with Crippen LogP contribution in [-0.4, -0.2) is 41.0 Å². The second-order valence-corrected chi connectivity index (χ2v) is 8.33. The van der Waals surface area contributed by atoms with Gasteiger partial charge in [0.25, 0.3) is 0 Å². The Balaban J connectivity index is 1.58. The van der Waals surface area contributed by atoms with Crippen LogP contribution in [0.1, 0.15) is 25.3 Å². The average molecular weight is 434 g/mol. The first kappa shape index (κ1) is 21.6. The number of nitrogens with one attached hydrogen (secondary N) is 1. The third-order valence-electron chi connectivity index (χ3n) is 6.02. The Kier molecular flexibility index (Phi) is 5.99. The molecule has 7 heteroatoms. The highest BCUT2D eigenvalue weighted by Crippen LogP contribution is 2.31. The smallest absolute Gasteiger partial charge is 0.336 e. The molecule has 1 aliphatic heterocycles. The van der Waals surface area contributed by atoms with E-state index in [9.17, 15) is 19.5 Å². The first-order chi connectivity index (χ1) is 15.3. The number of carbonyl (C=O) groups is 2. The van der Waals surface area contributed by atoms with Crippen molar-refractivity contribution in [1.82, 2.24) is 4.90 Å².